The van der Waals surface area contributed by atoms with Crippen LogP contribution in [0.1, 0.15) is 22.5 Å². The number of fused-ring (bicyclic) bond motifs is 1. The standard InChI is InChI=1S/C15H19NO4/c1-10-14(15(18)20-3)12-9-11(17)5-6-13(12)16(10)7-4-8-19-2/h5-6,9,17H,4,7-8H2,1-3H3. The van der Waals surface area contributed by atoms with Gasteiger partial charge in [-0.15, -0.1) is 0 Å². The van der Waals surface area contributed by atoms with Gasteiger partial charge in [0, 0.05) is 36.9 Å². The first-order valence-corrected chi connectivity index (χ1v) is 6.49. The van der Waals surface area contributed by atoms with E-state index in [2.05, 4.69) is 4.57 Å². The average Bonchev–Trinajstić information content (AvgIpc) is 2.70. The molecule has 0 aliphatic rings. The van der Waals surface area contributed by atoms with Crippen molar-refractivity contribution in [3.05, 3.63) is 29.5 Å². The highest BCUT2D eigenvalue weighted by Gasteiger charge is 2.20. The van der Waals surface area contributed by atoms with E-state index in [1.807, 2.05) is 13.0 Å². The van der Waals surface area contributed by atoms with Crippen molar-refractivity contribution in [1.29, 1.82) is 0 Å². The molecule has 0 radical (unpaired) electrons. The molecule has 1 aromatic carbocycles. The highest BCUT2D eigenvalue weighted by molar-refractivity contribution is 6.06. The van der Waals surface area contributed by atoms with Crippen molar-refractivity contribution in [2.24, 2.45) is 0 Å². The predicted octanol–water partition coefficient (Wildman–Crippen LogP) is 2.48. The first-order chi connectivity index (χ1) is 9.60. The minimum Gasteiger partial charge on any atom is -0.508 e. The second-order valence-electron chi connectivity index (χ2n) is 4.65. The number of nitrogens with zero attached hydrogens (tertiary/aromatic N) is 1. The lowest BCUT2D eigenvalue weighted by Gasteiger charge is -2.08. The number of methoxy groups -OCH3 is 2. The van der Waals surface area contributed by atoms with Gasteiger partial charge in [0.05, 0.1) is 12.7 Å². The molecule has 108 valence electrons. The maximum absolute atomic E-state index is 12.0. The largest absolute Gasteiger partial charge is 0.508 e. The van der Waals surface area contributed by atoms with E-state index >= 15 is 0 Å². The Morgan fingerprint density at radius 1 is 1.35 bits per heavy atom. The Balaban J connectivity index is 2.56. The van der Waals surface area contributed by atoms with Crippen molar-refractivity contribution in [1.82, 2.24) is 4.57 Å². The summed E-state index contributed by atoms with van der Waals surface area (Å²) in [5.41, 5.74) is 2.26. The van der Waals surface area contributed by atoms with Crippen molar-refractivity contribution in [2.75, 3.05) is 20.8 Å². The normalized spacial score (nSPS) is 10.9. The Kier molecular flexibility index (Phi) is 4.29. The SMILES string of the molecule is COCCCn1c(C)c(C(=O)OC)c2cc(O)ccc21. The fourth-order valence-electron chi connectivity index (χ4n) is 2.49. The number of ether oxygens (including phenoxy) is 2. The molecule has 0 amide bonds. The highest BCUT2D eigenvalue weighted by atomic mass is 16.5. The fraction of sp³-hybridized carbons (Fsp3) is 0.400. The molecule has 0 unspecified atom stereocenters. The Morgan fingerprint density at radius 2 is 2.10 bits per heavy atom. The zero-order chi connectivity index (χ0) is 14.7. The van der Waals surface area contributed by atoms with Crippen LogP contribution in [0.2, 0.25) is 0 Å². The van der Waals surface area contributed by atoms with E-state index in [1.54, 1.807) is 19.2 Å². The van der Waals surface area contributed by atoms with Crippen LogP contribution in [0.4, 0.5) is 0 Å². The van der Waals surface area contributed by atoms with Crippen molar-refractivity contribution < 1.29 is 19.4 Å². The maximum Gasteiger partial charge on any atom is 0.340 e. The van der Waals surface area contributed by atoms with E-state index in [0.29, 0.717) is 17.6 Å². The van der Waals surface area contributed by atoms with Gasteiger partial charge in [-0.05, 0) is 31.5 Å². The number of hydrogen-bond acceptors (Lipinski definition) is 4. The van der Waals surface area contributed by atoms with Crippen LogP contribution in [0.25, 0.3) is 10.9 Å². The molecule has 0 spiro atoms. The zero-order valence-electron chi connectivity index (χ0n) is 12.0. The molecule has 0 atom stereocenters. The van der Waals surface area contributed by atoms with Gasteiger partial charge in [-0.3, -0.25) is 0 Å². The van der Waals surface area contributed by atoms with Crippen LogP contribution in [-0.2, 0) is 16.0 Å². The molecule has 0 saturated heterocycles. The van der Waals surface area contributed by atoms with Crippen LogP contribution in [0.3, 0.4) is 0 Å². The lowest BCUT2D eigenvalue weighted by atomic mass is 10.1. The van der Waals surface area contributed by atoms with Gasteiger partial charge in [-0.2, -0.15) is 0 Å². The number of esters is 1. The summed E-state index contributed by atoms with van der Waals surface area (Å²) < 4.78 is 12.0. The molecule has 1 aromatic heterocycles. The number of rotatable bonds is 5. The smallest absolute Gasteiger partial charge is 0.340 e. The summed E-state index contributed by atoms with van der Waals surface area (Å²) in [5.74, 6) is -0.250. The van der Waals surface area contributed by atoms with E-state index in [9.17, 15) is 9.90 Å². The number of aromatic nitrogens is 1. The van der Waals surface area contributed by atoms with Crippen LogP contribution in [0.15, 0.2) is 18.2 Å². The van der Waals surface area contributed by atoms with Gasteiger partial charge in [-0.1, -0.05) is 0 Å². The van der Waals surface area contributed by atoms with Crippen LogP contribution in [0.5, 0.6) is 5.75 Å². The van der Waals surface area contributed by atoms with E-state index in [0.717, 1.165) is 24.2 Å². The van der Waals surface area contributed by atoms with Crippen LogP contribution in [-0.4, -0.2) is 36.5 Å². The van der Waals surface area contributed by atoms with Gasteiger partial charge >= 0.3 is 5.97 Å². The molecule has 0 aliphatic carbocycles. The number of benzene rings is 1. The van der Waals surface area contributed by atoms with Gasteiger partial charge in [0.1, 0.15) is 5.75 Å². The third-order valence-electron chi connectivity index (χ3n) is 3.43. The number of hydrogen-bond donors (Lipinski definition) is 1. The molecule has 2 rings (SSSR count). The minimum atomic E-state index is -0.386. The maximum atomic E-state index is 12.0. The summed E-state index contributed by atoms with van der Waals surface area (Å²) in [5, 5.41) is 10.4. The van der Waals surface area contributed by atoms with Crippen molar-refractivity contribution in [2.45, 2.75) is 19.9 Å². The number of carbonyl (C=O) groups is 1. The summed E-state index contributed by atoms with van der Waals surface area (Å²) in [6.45, 7) is 3.29. The monoisotopic (exact) mass is 277 g/mol. The Morgan fingerprint density at radius 3 is 2.75 bits per heavy atom. The number of aromatic hydroxyl groups is 1. The number of phenols is 1. The molecule has 0 saturated carbocycles. The second kappa shape index (κ2) is 5.96. The predicted molar refractivity (Wildman–Crippen MR) is 76.2 cm³/mol. The second-order valence-corrected chi connectivity index (χ2v) is 4.65. The van der Waals surface area contributed by atoms with E-state index in [1.165, 1.54) is 7.11 Å². The number of aryl methyl sites for hydroxylation is 1. The Hall–Kier alpha value is -2.01. The molecular weight excluding hydrogens is 258 g/mol. The Labute approximate surface area is 117 Å². The minimum absolute atomic E-state index is 0.136. The molecule has 20 heavy (non-hydrogen) atoms. The number of carbonyl (C=O) groups excluding carboxylic acids is 1. The average molecular weight is 277 g/mol. The van der Waals surface area contributed by atoms with Crippen LogP contribution >= 0.6 is 0 Å². The molecule has 5 heteroatoms. The van der Waals surface area contributed by atoms with Crippen LogP contribution < -0.4 is 0 Å². The van der Waals surface area contributed by atoms with Crippen molar-refractivity contribution in [3.63, 3.8) is 0 Å². The first-order valence-electron chi connectivity index (χ1n) is 6.49. The lowest BCUT2D eigenvalue weighted by Crippen LogP contribution is -2.06. The molecule has 0 aliphatic heterocycles. The van der Waals surface area contributed by atoms with Gasteiger partial charge in [0.15, 0.2) is 0 Å². The quantitative estimate of drug-likeness (QED) is 0.673. The van der Waals surface area contributed by atoms with E-state index < -0.39 is 0 Å². The Bertz CT molecular complexity index is 630. The van der Waals surface area contributed by atoms with Gasteiger partial charge < -0.3 is 19.1 Å². The molecule has 5 nitrogen and oxygen atoms in total. The fourth-order valence-corrected chi connectivity index (χ4v) is 2.49. The highest BCUT2D eigenvalue weighted by Crippen LogP contribution is 2.29. The van der Waals surface area contributed by atoms with E-state index in [4.69, 9.17) is 9.47 Å². The lowest BCUT2D eigenvalue weighted by molar-refractivity contribution is 0.0602. The molecule has 0 bridgehead atoms. The van der Waals surface area contributed by atoms with Crippen LogP contribution in [0, 0.1) is 6.92 Å². The third kappa shape index (κ3) is 2.49. The summed E-state index contributed by atoms with van der Waals surface area (Å²) in [4.78, 5) is 12.0. The molecule has 1 N–H and O–H groups in total. The number of phenolic OH excluding ortho intramolecular Hbond substituents is 1. The van der Waals surface area contributed by atoms with Gasteiger partial charge in [-0.25, -0.2) is 4.79 Å². The molecule has 1 heterocycles. The van der Waals surface area contributed by atoms with E-state index in [-0.39, 0.29) is 11.7 Å². The first kappa shape index (κ1) is 14.4. The summed E-state index contributed by atoms with van der Waals surface area (Å²) in [6, 6.07) is 5.04. The molecule has 2 aromatic rings. The van der Waals surface area contributed by atoms with Crippen molar-refractivity contribution >= 4 is 16.9 Å². The zero-order valence-corrected chi connectivity index (χ0v) is 12.0. The van der Waals surface area contributed by atoms with Gasteiger partial charge in [0.25, 0.3) is 0 Å². The topological polar surface area (TPSA) is 60.7 Å². The third-order valence-corrected chi connectivity index (χ3v) is 3.43. The molecule has 0 fully saturated rings. The molecular formula is C15H19NO4. The van der Waals surface area contributed by atoms with Crippen molar-refractivity contribution in [3.8, 4) is 5.75 Å². The summed E-state index contributed by atoms with van der Waals surface area (Å²) >= 11 is 0. The summed E-state index contributed by atoms with van der Waals surface area (Å²) in [7, 11) is 3.03. The van der Waals surface area contributed by atoms with Gasteiger partial charge in [0.2, 0.25) is 0 Å². The summed E-state index contributed by atoms with van der Waals surface area (Å²) in [6.07, 6.45) is 0.850.